The van der Waals surface area contributed by atoms with Gasteiger partial charge in [0.1, 0.15) is 0 Å². The number of hydrogen-bond donors (Lipinski definition) is 3. The van der Waals surface area contributed by atoms with Gasteiger partial charge in [-0.1, -0.05) is 12.8 Å². The summed E-state index contributed by atoms with van der Waals surface area (Å²) in [4.78, 5) is 0. The molecule has 0 aliphatic rings. The van der Waals surface area contributed by atoms with Crippen molar-refractivity contribution in [2.24, 2.45) is 5.73 Å². The first-order valence-corrected chi connectivity index (χ1v) is 9.86. The summed E-state index contributed by atoms with van der Waals surface area (Å²) < 4.78 is 21.3. The third-order valence-corrected chi connectivity index (χ3v) is 5.75. The van der Waals surface area contributed by atoms with Crippen LogP contribution < -0.4 is 11.1 Å². The predicted octanol–water partition coefficient (Wildman–Crippen LogP) is 1.35. The minimum atomic E-state index is -1.90. The summed E-state index contributed by atoms with van der Waals surface area (Å²) in [6.45, 7) is 3.12. The van der Waals surface area contributed by atoms with Crippen LogP contribution in [0.25, 0.3) is 0 Å². The summed E-state index contributed by atoms with van der Waals surface area (Å²) in [6.07, 6.45) is 4.84. The SMILES string of the molecule is COS(CCCOCC(O)CNCCCCCCN)(OC)OC. The van der Waals surface area contributed by atoms with Crippen molar-refractivity contribution in [1.29, 1.82) is 0 Å². The molecule has 0 aromatic heterocycles. The Balaban J connectivity index is 3.47. The van der Waals surface area contributed by atoms with E-state index in [2.05, 4.69) is 5.32 Å². The molecule has 0 saturated carbocycles. The number of aliphatic hydroxyl groups excluding tert-OH is 1. The summed E-state index contributed by atoms with van der Waals surface area (Å²) in [5.74, 6) is 0.646. The molecule has 0 heterocycles. The maximum atomic E-state index is 9.81. The number of rotatable bonds is 17. The summed E-state index contributed by atoms with van der Waals surface area (Å²) >= 11 is 0. The zero-order valence-corrected chi connectivity index (χ0v) is 15.7. The molecule has 1 unspecified atom stereocenters. The Morgan fingerprint density at radius 1 is 1.00 bits per heavy atom. The van der Waals surface area contributed by atoms with E-state index in [0.29, 0.717) is 25.5 Å². The zero-order valence-electron chi connectivity index (χ0n) is 14.9. The van der Waals surface area contributed by atoms with Gasteiger partial charge in [-0.2, -0.15) is 0 Å². The molecule has 1 atom stereocenters. The molecule has 4 N–H and O–H groups in total. The molecule has 0 amide bonds. The third kappa shape index (κ3) is 12.1. The van der Waals surface area contributed by atoms with Gasteiger partial charge < -0.3 is 20.9 Å². The molecule has 0 aliphatic carbocycles. The fourth-order valence-corrected chi connectivity index (χ4v) is 3.47. The van der Waals surface area contributed by atoms with E-state index in [4.69, 9.17) is 23.0 Å². The summed E-state index contributed by atoms with van der Waals surface area (Å²) in [5, 5.41) is 13.1. The molecular formula is C15H36N2O5S. The number of nitrogens with one attached hydrogen (secondary N) is 1. The van der Waals surface area contributed by atoms with Crippen LogP contribution >= 0.6 is 10.9 Å². The fraction of sp³-hybridized carbons (Fsp3) is 1.00. The van der Waals surface area contributed by atoms with Gasteiger partial charge in [0.05, 0.1) is 44.9 Å². The Kier molecular flexibility index (Phi) is 15.6. The maximum absolute atomic E-state index is 9.81. The van der Waals surface area contributed by atoms with E-state index in [9.17, 15) is 5.11 Å². The number of unbranched alkanes of at least 4 members (excludes halogenated alkanes) is 3. The van der Waals surface area contributed by atoms with Gasteiger partial charge >= 0.3 is 0 Å². The first kappa shape index (κ1) is 23.1. The number of nitrogens with two attached hydrogens (primary N) is 1. The molecule has 23 heavy (non-hydrogen) atoms. The van der Waals surface area contributed by atoms with Crippen LogP contribution in [0, 0.1) is 0 Å². The lowest BCUT2D eigenvalue weighted by Gasteiger charge is -2.33. The molecule has 0 radical (unpaired) electrons. The van der Waals surface area contributed by atoms with E-state index in [1.165, 1.54) is 12.8 Å². The molecule has 0 rings (SSSR count). The van der Waals surface area contributed by atoms with Crippen molar-refractivity contribution in [3.63, 3.8) is 0 Å². The van der Waals surface area contributed by atoms with Crippen LogP contribution in [-0.4, -0.2) is 71.1 Å². The monoisotopic (exact) mass is 356 g/mol. The van der Waals surface area contributed by atoms with Crippen molar-refractivity contribution in [2.75, 3.05) is 59.9 Å². The molecule has 0 bridgehead atoms. The normalized spacial score (nSPS) is 14.1. The van der Waals surface area contributed by atoms with E-state index >= 15 is 0 Å². The Bertz CT molecular complexity index is 250. The smallest absolute Gasteiger partial charge is 0.0897 e. The Labute approximate surface area is 143 Å². The third-order valence-electron chi connectivity index (χ3n) is 3.44. The Morgan fingerprint density at radius 3 is 2.26 bits per heavy atom. The van der Waals surface area contributed by atoms with Crippen LogP contribution in [0.1, 0.15) is 32.1 Å². The van der Waals surface area contributed by atoms with E-state index in [1.807, 2.05) is 0 Å². The van der Waals surface area contributed by atoms with E-state index < -0.39 is 17.0 Å². The highest BCUT2D eigenvalue weighted by atomic mass is 32.3. The predicted molar refractivity (Wildman–Crippen MR) is 95.3 cm³/mol. The van der Waals surface area contributed by atoms with Gasteiger partial charge in [-0.3, -0.25) is 12.5 Å². The Morgan fingerprint density at radius 2 is 1.65 bits per heavy atom. The highest BCUT2D eigenvalue weighted by Gasteiger charge is 2.22. The average Bonchev–Trinajstić information content (AvgIpc) is 2.58. The van der Waals surface area contributed by atoms with Crippen LogP contribution in [0.5, 0.6) is 0 Å². The van der Waals surface area contributed by atoms with Crippen LogP contribution in [0.15, 0.2) is 0 Å². The first-order valence-electron chi connectivity index (χ1n) is 8.28. The molecule has 8 heteroatoms. The summed E-state index contributed by atoms with van der Waals surface area (Å²) in [6, 6.07) is 0. The number of ether oxygens (including phenoxy) is 1. The van der Waals surface area contributed by atoms with E-state index in [-0.39, 0.29) is 0 Å². The van der Waals surface area contributed by atoms with Crippen molar-refractivity contribution < 1.29 is 22.4 Å². The lowest BCUT2D eigenvalue weighted by atomic mass is 10.2. The highest BCUT2D eigenvalue weighted by molar-refractivity contribution is 8.21. The highest BCUT2D eigenvalue weighted by Crippen LogP contribution is 2.49. The molecular weight excluding hydrogens is 320 g/mol. The zero-order chi connectivity index (χ0) is 17.4. The standard InChI is InChI=1S/C15H36N2O5S/c1-19-23(20-2,21-3)12-8-11-22-14-15(18)13-17-10-7-5-4-6-9-16/h15,17-18H,4-14,16H2,1-3H3. The molecule has 0 aromatic rings. The molecule has 0 aliphatic heterocycles. The molecule has 0 fully saturated rings. The molecule has 142 valence electrons. The largest absolute Gasteiger partial charge is 0.389 e. The first-order chi connectivity index (χ1) is 11.1. The van der Waals surface area contributed by atoms with Gasteiger partial charge in [0.2, 0.25) is 0 Å². The molecule has 0 spiro atoms. The molecule has 0 saturated heterocycles. The lowest BCUT2D eigenvalue weighted by molar-refractivity contribution is 0.0372. The summed E-state index contributed by atoms with van der Waals surface area (Å²) in [5.41, 5.74) is 5.44. The fourth-order valence-electron chi connectivity index (χ4n) is 2.09. The van der Waals surface area contributed by atoms with E-state index in [0.717, 1.165) is 32.4 Å². The van der Waals surface area contributed by atoms with Crippen molar-refractivity contribution >= 4 is 10.9 Å². The molecule has 0 aromatic carbocycles. The number of aliphatic hydroxyl groups is 1. The lowest BCUT2D eigenvalue weighted by Crippen LogP contribution is -2.31. The van der Waals surface area contributed by atoms with Crippen LogP contribution in [0.4, 0.5) is 0 Å². The van der Waals surface area contributed by atoms with Gasteiger partial charge in [-0.25, -0.2) is 0 Å². The molecule has 7 nitrogen and oxygen atoms in total. The van der Waals surface area contributed by atoms with Gasteiger partial charge in [0.25, 0.3) is 0 Å². The van der Waals surface area contributed by atoms with E-state index in [1.54, 1.807) is 21.3 Å². The minimum absolute atomic E-state index is 0.329. The van der Waals surface area contributed by atoms with Crippen LogP contribution in [-0.2, 0) is 17.3 Å². The maximum Gasteiger partial charge on any atom is 0.0897 e. The van der Waals surface area contributed by atoms with Crippen molar-refractivity contribution in [2.45, 2.75) is 38.2 Å². The Hall–Kier alpha value is 0.0700. The van der Waals surface area contributed by atoms with Gasteiger partial charge in [-0.15, -0.1) is 0 Å². The topological polar surface area (TPSA) is 95.2 Å². The minimum Gasteiger partial charge on any atom is -0.389 e. The summed E-state index contributed by atoms with van der Waals surface area (Å²) in [7, 11) is 2.83. The second-order valence-electron chi connectivity index (χ2n) is 5.25. The van der Waals surface area contributed by atoms with Crippen LogP contribution in [0.2, 0.25) is 0 Å². The number of hydrogen-bond acceptors (Lipinski definition) is 7. The van der Waals surface area contributed by atoms with Gasteiger partial charge in [0.15, 0.2) is 0 Å². The quantitative estimate of drug-likeness (QED) is 0.339. The average molecular weight is 357 g/mol. The van der Waals surface area contributed by atoms with Gasteiger partial charge in [-0.05, 0) is 32.4 Å². The van der Waals surface area contributed by atoms with Gasteiger partial charge in [0, 0.05) is 18.9 Å². The van der Waals surface area contributed by atoms with Crippen molar-refractivity contribution in [3.05, 3.63) is 0 Å². The second-order valence-corrected chi connectivity index (χ2v) is 7.77. The van der Waals surface area contributed by atoms with Crippen molar-refractivity contribution in [3.8, 4) is 0 Å². The second kappa shape index (κ2) is 15.6. The van der Waals surface area contributed by atoms with Crippen LogP contribution in [0.3, 0.4) is 0 Å². The van der Waals surface area contributed by atoms with Crippen molar-refractivity contribution in [1.82, 2.24) is 5.32 Å².